The molecule has 110 valence electrons. The summed E-state index contributed by atoms with van der Waals surface area (Å²) in [4.78, 5) is 23.4. The lowest BCUT2D eigenvalue weighted by atomic mass is 9.86. The number of hydrogen-bond donors (Lipinski definition) is 2. The first-order valence-electron chi connectivity index (χ1n) is 6.37. The standard InChI is InChI=1S/C15H21NO3S/c1-15(2,3)12(14(18)19)16-13(17)11-7-5-6-10(8-11)9-20-4/h5-8,12H,9H2,1-4H3,(H,16,17)(H,18,19)/t12-/m0/s1. The van der Waals surface area contributed by atoms with Gasteiger partial charge in [0, 0.05) is 11.3 Å². The zero-order chi connectivity index (χ0) is 15.3. The average molecular weight is 295 g/mol. The number of hydrogen-bond acceptors (Lipinski definition) is 3. The molecule has 0 radical (unpaired) electrons. The van der Waals surface area contributed by atoms with Gasteiger partial charge in [-0.25, -0.2) is 4.79 Å². The van der Waals surface area contributed by atoms with E-state index in [9.17, 15) is 14.7 Å². The van der Waals surface area contributed by atoms with Gasteiger partial charge in [0.05, 0.1) is 0 Å². The van der Waals surface area contributed by atoms with Crippen LogP contribution >= 0.6 is 11.8 Å². The van der Waals surface area contributed by atoms with Crippen molar-refractivity contribution >= 4 is 23.6 Å². The molecular weight excluding hydrogens is 274 g/mol. The quantitative estimate of drug-likeness (QED) is 0.876. The van der Waals surface area contributed by atoms with E-state index in [1.54, 1.807) is 44.7 Å². The minimum absolute atomic E-state index is 0.352. The van der Waals surface area contributed by atoms with E-state index < -0.39 is 17.4 Å². The fraction of sp³-hybridized carbons (Fsp3) is 0.467. The molecule has 0 unspecified atom stereocenters. The van der Waals surface area contributed by atoms with Gasteiger partial charge in [-0.15, -0.1) is 0 Å². The van der Waals surface area contributed by atoms with E-state index in [-0.39, 0.29) is 5.91 Å². The summed E-state index contributed by atoms with van der Waals surface area (Å²) in [5.41, 5.74) is 0.998. The van der Waals surface area contributed by atoms with E-state index in [1.807, 2.05) is 18.4 Å². The first-order valence-corrected chi connectivity index (χ1v) is 7.76. The molecule has 1 atom stereocenters. The molecule has 4 nitrogen and oxygen atoms in total. The van der Waals surface area contributed by atoms with Gasteiger partial charge in [0.15, 0.2) is 0 Å². The smallest absolute Gasteiger partial charge is 0.326 e. The Labute approximate surface area is 124 Å². The highest BCUT2D eigenvalue weighted by molar-refractivity contribution is 7.97. The molecule has 0 aliphatic heterocycles. The molecule has 20 heavy (non-hydrogen) atoms. The molecule has 0 saturated heterocycles. The largest absolute Gasteiger partial charge is 0.480 e. The molecule has 1 amide bonds. The number of benzene rings is 1. The number of carbonyl (C=O) groups excluding carboxylic acids is 1. The summed E-state index contributed by atoms with van der Waals surface area (Å²) in [6, 6.07) is 6.34. The van der Waals surface area contributed by atoms with Crippen molar-refractivity contribution in [3.8, 4) is 0 Å². The molecule has 0 aromatic heterocycles. The highest BCUT2D eigenvalue weighted by atomic mass is 32.2. The van der Waals surface area contributed by atoms with E-state index >= 15 is 0 Å². The molecule has 5 heteroatoms. The molecule has 2 N–H and O–H groups in total. The summed E-state index contributed by atoms with van der Waals surface area (Å²) in [5.74, 6) is -0.552. The Bertz CT molecular complexity index is 494. The number of amides is 1. The first-order chi connectivity index (χ1) is 9.25. The second-order valence-electron chi connectivity index (χ2n) is 5.74. The van der Waals surface area contributed by atoms with Gasteiger partial charge in [0.2, 0.25) is 0 Å². The van der Waals surface area contributed by atoms with Crippen LogP contribution in [0.4, 0.5) is 0 Å². The van der Waals surface area contributed by atoms with Gasteiger partial charge in [-0.05, 0) is 29.4 Å². The molecular formula is C15H21NO3S. The lowest BCUT2D eigenvalue weighted by Crippen LogP contribution is -2.49. The van der Waals surface area contributed by atoms with Crippen molar-refractivity contribution in [2.24, 2.45) is 5.41 Å². The molecule has 1 aromatic carbocycles. The number of carboxylic acids is 1. The maximum absolute atomic E-state index is 12.2. The van der Waals surface area contributed by atoms with Gasteiger partial charge in [-0.2, -0.15) is 11.8 Å². The molecule has 0 aliphatic rings. The summed E-state index contributed by atoms with van der Waals surface area (Å²) in [7, 11) is 0. The first kappa shape index (κ1) is 16.6. The van der Waals surface area contributed by atoms with Crippen LogP contribution in [0.25, 0.3) is 0 Å². The van der Waals surface area contributed by atoms with E-state index in [1.165, 1.54) is 0 Å². The monoisotopic (exact) mass is 295 g/mol. The maximum atomic E-state index is 12.2. The highest BCUT2D eigenvalue weighted by Crippen LogP contribution is 2.20. The molecule has 0 spiro atoms. The summed E-state index contributed by atoms with van der Waals surface area (Å²) < 4.78 is 0. The SMILES string of the molecule is CSCc1cccc(C(=O)N[C@@H](C(=O)O)C(C)(C)C)c1. The third-order valence-corrected chi connectivity index (χ3v) is 3.51. The zero-order valence-corrected chi connectivity index (χ0v) is 13.1. The van der Waals surface area contributed by atoms with E-state index in [0.717, 1.165) is 11.3 Å². The minimum Gasteiger partial charge on any atom is -0.480 e. The molecule has 1 rings (SSSR count). The number of rotatable bonds is 5. The number of nitrogens with one attached hydrogen (secondary N) is 1. The van der Waals surface area contributed by atoms with E-state index in [2.05, 4.69) is 5.32 Å². The van der Waals surface area contributed by atoms with Crippen LogP contribution < -0.4 is 5.32 Å². The van der Waals surface area contributed by atoms with Crippen LogP contribution in [0.5, 0.6) is 0 Å². The maximum Gasteiger partial charge on any atom is 0.326 e. The zero-order valence-electron chi connectivity index (χ0n) is 12.3. The second-order valence-corrected chi connectivity index (χ2v) is 6.61. The van der Waals surface area contributed by atoms with Crippen molar-refractivity contribution in [1.82, 2.24) is 5.32 Å². The predicted molar refractivity (Wildman–Crippen MR) is 82.0 cm³/mol. The molecule has 0 saturated carbocycles. The van der Waals surface area contributed by atoms with Crippen molar-refractivity contribution in [2.45, 2.75) is 32.6 Å². The van der Waals surface area contributed by atoms with Crippen LogP contribution in [0.15, 0.2) is 24.3 Å². The van der Waals surface area contributed by atoms with Crippen molar-refractivity contribution in [3.63, 3.8) is 0 Å². The van der Waals surface area contributed by atoms with Crippen molar-refractivity contribution in [2.75, 3.05) is 6.26 Å². The summed E-state index contributed by atoms with van der Waals surface area (Å²) in [6.07, 6.45) is 1.99. The fourth-order valence-corrected chi connectivity index (χ4v) is 2.35. The lowest BCUT2D eigenvalue weighted by Gasteiger charge is -2.27. The van der Waals surface area contributed by atoms with Crippen LogP contribution in [0.2, 0.25) is 0 Å². The number of thioether (sulfide) groups is 1. The molecule has 0 bridgehead atoms. The summed E-state index contributed by atoms with van der Waals surface area (Å²) in [5, 5.41) is 11.8. The molecule has 0 heterocycles. The Morgan fingerprint density at radius 1 is 1.35 bits per heavy atom. The van der Waals surface area contributed by atoms with Gasteiger partial charge in [0.25, 0.3) is 5.91 Å². The van der Waals surface area contributed by atoms with Crippen molar-refractivity contribution in [3.05, 3.63) is 35.4 Å². The Morgan fingerprint density at radius 2 is 2.00 bits per heavy atom. The number of aliphatic carboxylic acids is 1. The van der Waals surface area contributed by atoms with Crippen LogP contribution in [0, 0.1) is 5.41 Å². The van der Waals surface area contributed by atoms with Gasteiger partial charge >= 0.3 is 5.97 Å². The van der Waals surface area contributed by atoms with Crippen molar-refractivity contribution < 1.29 is 14.7 Å². The Balaban J connectivity index is 2.89. The van der Waals surface area contributed by atoms with Crippen LogP contribution in [0.1, 0.15) is 36.7 Å². The second kappa shape index (κ2) is 6.79. The fourth-order valence-electron chi connectivity index (χ4n) is 1.83. The van der Waals surface area contributed by atoms with Gasteiger partial charge in [-0.3, -0.25) is 4.79 Å². The third-order valence-electron chi connectivity index (χ3n) is 2.89. The van der Waals surface area contributed by atoms with Gasteiger partial charge in [-0.1, -0.05) is 32.9 Å². The van der Waals surface area contributed by atoms with Crippen LogP contribution in [0.3, 0.4) is 0 Å². The normalized spacial score (nSPS) is 12.8. The molecule has 1 aromatic rings. The van der Waals surface area contributed by atoms with Crippen molar-refractivity contribution in [1.29, 1.82) is 0 Å². The Kier molecular flexibility index (Phi) is 5.62. The molecule has 0 aliphatic carbocycles. The topological polar surface area (TPSA) is 66.4 Å². The van der Waals surface area contributed by atoms with E-state index in [0.29, 0.717) is 5.56 Å². The van der Waals surface area contributed by atoms with E-state index in [4.69, 9.17) is 0 Å². The van der Waals surface area contributed by atoms with Gasteiger partial charge < -0.3 is 10.4 Å². The summed E-state index contributed by atoms with van der Waals surface area (Å²) in [6.45, 7) is 5.36. The van der Waals surface area contributed by atoms with Crippen LogP contribution in [-0.2, 0) is 10.5 Å². The Morgan fingerprint density at radius 3 is 2.50 bits per heavy atom. The van der Waals surface area contributed by atoms with Crippen LogP contribution in [-0.4, -0.2) is 29.3 Å². The molecule has 0 fully saturated rings. The number of carboxylic acid groups (broad SMARTS) is 1. The third kappa shape index (κ3) is 4.56. The number of carbonyl (C=O) groups is 2. The minimum atomic E-state index is -1.02. The Hall–Kier alpha value is -1.49. The average Bonchev–Trinajstić information content (AvgIpc) is 2.34. The highest BCUT2D eigenvalue weighted by Gasteiger charge is 2.32. The predicted octanol–water partition coefficient (Wildman–Crippen LogP) is 2.78. The lowest BCUT2D eigenvalue weighted by molar-refractivity contribution is -0.142. The van der Waals surface area contributed by atoms with Gasteiger partial charge in [0.1, 0.15) is 6.04 Å². The summed E-state index contributed by atoms with van der Waals surface area (Å²) >= 11 is 1.67.